The van der Waals surface area contributed by atoms with Crippen molar-refractivity contribution < 1.29 is 31.2 Å². The molecule has 0 saturated carbocycles. The van der Waals surface area contributed by atoms with Crippen LogP contribution in [-0.4, -0.2) is 42.6 Å². The highest BCUT2D eigenvalue weighted by molar-refractivity contribution is 7.92. The molecule has 0 unspecified atom stereocenters. The van der Waals surface area contributed by atoms with Crippen molar-refractivity contribution in [3.63, 3.8) is 0 Å². The quantitative estimate of drug-likeness (QED) is 0.207. The molecule has 0 atom stereocenters. The van der Waals surface area contributed by atoms with Gasteiger partial charge in [0.15, 0.2) is 0 Å². The number of furan rings is 1. The van der Waals surface area contributed by atoms with Gasteiger partial charge in [-0.3, -0.25) is 18.9 Å². The number of aryl methyl sites for hydroxylation is 1. The van der Waals surface area contributed by atoms with E-state index < -0.39 is 27.6 Å². The van der Waals surface area contributed by atoms with Crippen molar-refractivity contribution in [2.45, 2.75) is 19.8 Å². The molecule has 12 heteroatoms. The van der Waals surface area contributed by atoms with E-state index in [1.54, 1.807) is 30.3 Å². The van der Waals surface area contributed by atoms with Gasteiger partial charge in [0, 0.05) is 41.4 Å². The summed E-state index contributed by atoms with van der Waals surface area (Å²) >= 11 is 0. The van der Waals surface area contributed by atoms with Gasteiger partial charge in [-0.25, -0.2) is 22.2 Å². The fourth-order valence-corrected chi connectivity index (χ4v) is 6.53. The molecule has 3 aromatic heterocycles. The number of carbonyl (C=O) groups is 2. The minimum Gasteiger partial charge on any atom is -0.455 e. The molecule has 7 rings (SSSR count). The highest BCUT2D eigenvalue weighted by Crippen LogP contribution is 2.41. The zero-order valence-corrected chi connectivity index (χ0v) is 25.5. The molecule has 0 fully saturated rings. The van der Waals surface area contributed by atoms with Crippen LogP contribution < -0.4 is 10.0 Å². The second kappa shape index (κ2) is 10.9. The van der Waals surface area contributed by atoms with Crippen LogP contribution in [0.3, 0.4) is 0 Å². The van der Waals surface area contributed by atoms with Crippen LogP contribution in [0.2, 0.25) is 0 Å². The third-order valence-electron chi connectivity index (χ3n) is 8.18. The fraction of sp³-hybridized carbons (Fsp3) is 0.147. The van der Waals surface area contributed by atoms with E-state index >= 15 is 0 Å². The lowest BCUT2D eigenvalue weighted by Crippen LogP contribution is -2.18. The summed E-state index contributed by atoms with van der Waals surface area (Å²) in [5, 5.41) is 3.27. The molecule has 0 bridgehead atoms. The number of sulfonamides is 1. The Balaban J connectivity index is 1.50. The molecule has 232 valence electrons. The molecule has 1 aliphatic rings. The third-order valence-corrected chi connectivity index (χ3v) is 9.47. The van der Waals surface area contributed by atoms with Crippen molar-refractivity contribution in [3.05, 3.63) is 95.6 Å². The topological polar surface area (TPSA) is 123 Å². The number of halogens is 2. The summed E-state index contributed by atoms with van der Waals surface area (Å²) in [7, 11) is -2.32. The summed E-state index contributed by atoms with van der Waals surface area (Å²) in [6, 6.07) is 18.3. The van der Waals surface area contributed by atoms with Crippen LogP contribution in [0.5, 0.6) is 0 Å². The maximum Gasteiger partial charge on any atom is 0.255 e. The zero-order valence-electron chi connectivity index (χ0n) is 24.6. The Morgan fingerprint density at radius 1 is 1.00 bits per heavy atom. The number of pyridine rings is 1. The van der Waals surface area contributed by atoms with Gasteiger partial charge in [0.25, 0.3) is 5.91 Å². The minimum absolute atomic E-state index is 0.154. The molecule has 2 N–H and O–H groups in total. The lowest BCUT2D eigenvalue weighted by atomic mass is 9.99. The molecular formula is C34H26F2N4O5S. The van der Waals surface area contributed by atoms with Gasteiger partial charge >= 0.3 is 0 Å². The number of hydrogen-bond donors (Lipinski definition) is 2. The molecule has 3 aromatic carbocycles. The van der Waals surface area contributed by atoms with Crippen LogP contribution in [0.1, 0.15) is 34.1 Å². The Hall–Kier alpha value is -5.36. The maximum absolute atomic E-state index is 14.8. The molecule has 1 amide bonds. The first kappa shape index (κ1) is 29.4. The lowest BCUT2D eigenvalue weighted by molar-refractivity contribution is 0.0910. The number of aromatic nitrogens is 2. The van der Waals surface area contributed by atoms with E-state index in [1.165, 1.54) is 54.9 Å². The monoisotopic (exact) mass is 640 g/mol. The number of benzene rings is 3. The summed E-state index contributed by atoms with van der Waals surface area (Å²) in [6.07, 6.45) is 0.587. The molecule has 0 saturated heterocycles. The number of nitrogens with zero attached hydrogens (tertiary/aromatic N) is 2. The first-order valence-corrected chi connectivity index (χ1v) is 16.2. The Morgan fingerprint density at radius 3 is 2.52 bits per heavy atom. The van der Waals surface area contributed by atoms with Crippen LogP contribution in [0.4, 0.5) is 14.5 Å². The third kappa shape index (κ3) is 4.81. The molecule has 0 aliphatic carbocycles. The molecule has 6 aromatic rings. The van der Waals surface area contributed by atoms with Crippen molar-refractivity contribution in [1.29, 1.82) is 0 Å². The summed E-state index contributed by atoms with van der Waals surface area (Å²) in [4.78, 5) is 31.4. The minimum atomic E-state index is -3.78. The molecule has 0 spiro atoms. The van der Waals surface area contributed by atoms with Gasteiger partial charge in [-0.1, -0.05) is 12.1 Å². The van der Waals surface area contributed by atoms with Crippen LogP contribution in [0, 0.1) is 11.6 Å². The lowest BCUT2D eigenvalue weighted by Gasteiger charge is -2.14. The molecule has 46 heavy (non-hydrogen) atoms. The van der Waals surface area contributed by atoms with E-state index in [4.69, 9.17) is 9.40 Å². The van der Waals surface area contributed by atoms with Gasteiger partial charge in [0.2, 0.25) is 15.9 Å². The highest BCUT2D eigenvalue weighted by atomic mass is 32.2. The number of amides is 1. The highest BCUT2D eigenvalue weighted by Gasteiger charge is 2.28. The van der Waals surface area contributed by atoms with Crippen molar-refractivity contribution in [3.8, 4) is 34.0 Å². The predicted octanol–water partition coefficient (Wildman–Crippen LogP) is 6.77. The van der Waals surface area contributed by atoms with Crippen molar-refractivity contribution in [2.24, 2.45) is 0 Å². The van der Waals surface area contributed by atoms with Crippen molar-refractivity contribution >= 4 is 49.4 Å². The number of rotatable bonds is 6. The van der Waals surface area contributed by atoms with E-state index in [2.05, 4.69) is 10.0 Å². The Labute approximate surface area is 261 Å². The predicted molar refractivity (Wildman–Crippen MR) is 171 cm³/mol. The van der Waals surface area contributed by atoms with Crippen LogP contribution in [-0.2, 0) is 16.4 Å². The van der Waals surface area contributed by atoms with Gasteiger partial charge in [-0.2, -0.15) is 0 Å². The molecular weight excluding hydrogens is 614 g/mol. The van der Waals surface area contributed by atoms with Gasteiger partial charge in [-0.15, -0.1) is 0 Å². The number of nitrogens with one attached hydrogen (secondary N) is 2. The van der Waals surface area contributed by atoms with Crippen LogP contribution in [0.25, 0.3) is 55.8 Å². The van der Waals surface area contributed by atoms with Gasteiger partial charge in [0.05, 0.1) is 39.6 Å². The van der Waals surface area contributed by atoms with Crippen LogP contribution in [0.15, 0.2) is 77.2 Å². The fourth-order valence-electron chi connectivity index (χ4n) is 5.89. The first-order chi connectivity index (χ1) is 22.1. The van der Waals surface area contributed by atoms with Gasteiger partial charge in [0.1, 0.15) is 23.0 Å². The largest absolute Gasteiger partial charge is 0.455 e. The Morgan fingerprint density at radius 2 is 1.78 bits per heavy atom. The average Bonchev–Trinajstić information content (AvgIpc) is 3.59. The first-order valence-electron chi connectivity index (χ1n) is 14.5. The van der Waals surface area contributed by atoms with E-state index in [0.717, 1.165) is 5.56 Å². The second-order valence-corrected chi connectivity index (χ2v) is 12.9. The summed E-state index contributed by atoms with van der Waals surface area (Å²) < 4.78 is 64.4. The van der Waals surface area contributed by atoms with Gasteiger partial charge < -0.3 is 9.73 Å². The molecule has 4 heterocycles. The summed E-state index contributed by atoms with van der Waals surface area (Å²) in [5.74, 6) is -1.63. The number of fused-ring (bicyclic) bond motifs is 6. The maximum atomic E-state index is 14.8. The summed E-state index contributed by atoms with van der Waals surface area (Å²) in [6.45, 7) is 1.50. The van der Waals surface area contributed by atoms with Crippen LogP contribution >= 0.6 is 0 Å². The number of anilines is 1. The van der Waals surface area contributed by atoms with E-state index in [0.29, 0.717) is 45.5 Å². The second-order valence-electron chi connectivity index (χ2n) is 10.9. The van der Waals surface area contributed by atoms with Crippen molar-refractivity contribution in [1.82, 2.24) is 14.9 Å². The smallest absolute Gasteiger partial charge is 0.255 e. The average molecular weight is 641 g/mol. The number of hydrogen-bond acceptors (Lipinski definition) is 6. The standard InChI is InChI=1S/C34H26F2N4O5S/c1-3-46(43,44)39-26-17-29-23(31(34(42)37-2)33(45-29)19-7-11-20(35)12-8-19)15-22(26)25-13-9-18-10-14-30(41)40-27-6-4-5-24(36)21(27)16-28(40)32(18)38-25/h4-9,11-13,15-17,39H,3,10,14H2,1-2H3,(H,37,42). The normalized spacial score (nSPS) is 13.0. The molecule has 1 aliphatic heterocycles. The Kier molecular flexibility index (Phi) is 6.97. The Bertz CT molecular complexity index is 2340. The van der Waals surface area contributed by atoms with E-state index in [1.807, 2.05) is 6.07 Å². The summed E-state index contributed by atoms with van der Waals surface area (Å²) in [5.41, 5.74) is 3.74. The molecule has 0 radical (unpaired) electrons. The van der Waals surface area contributed by atoms with E-state index in [9.17, 15) is 26.8 Å². The SMILES string of the molecule is CCS(=O)(=O)Nc1cc2oc(-c3ccc(F)cc3)c(C(=O)NC)c2cc1-c1ccc2c(n1)-c1cc3c(F)cccc3n1C(=O)CC2. The number of carbonyl (C=O) groups excluding carboxylic acids is 2. The van der Waals surface area contributed by atoms with E-state index in [-0.39, 0.29) is 46.1 Å². The zero-order chi connectivity index (χ0) is 32.3. The van der Waals surface area contributed by atoms with Gasteiger partial charge in [-0.05, 0) is 73.5 Å². The van der Waals surface area contributed by atoms with Crippen molar-refractivity contribution in [2.75, 3.05) is 17.5 Å². The molecule has 9 nitrogen and oxygen atoms in total.